The van der Waals surface area contributed by atoms with Gasteiger partial charge in [-0.15, -0.1) is 0 Å². The number of rotatable bonds is 2. The highest BCUT2D eigenvalue weighted by molar-refractivity contribution is 7.89. The smallest absolute Gasteiger partial charge is 0.227 e. The van der Waals surface area contributed by atoms with Gasteiger partial charge in [0.25, 0.3) is 0 Å². The molecule has 5 nitrogen and oxygen atoms in total. The zero-order valence-corrected chi connectivity index (χ0v) is 8.42. The fourth-order valence-corrected chi connectivity index (χ4v) is 2.30. The molecule has 0 aliphatic carbocycles. The highest BCUT2D eigenvalue weighted by Crippen LogP contribution is 2.05. The lowest BCUT2D eigenvalue weighted by Crippen LogP contribution is -2.47. The minimum Gasteiger partial charge on any atom is -0.304 e. The van der Waals surface area contributed by atoms with Gasteiger partial charge in [-0.25, -0.2) is 8.42 Å². The topological polar surface area (TPSA) is 64.4 Å². The summed E-state index contributed by atoms with van der Waals surface area (Å²) in [6.45, 7) is 2.48. The molecule has 0 amide bonds. The van der Waals surface area contributed by atoms with Gasteiger partial charge in [-0.05, 0) is 7.05 Å². The lowest BCUT2D eigenvalue weighted by molar-refractivity contribution is 0.223. The molecule has 0 saturated carbocycles. The van der Waals surface area contributed by atoms with E-state index in [0.29, 0.717) is 13.1 Å². The summed E-state index contributed by atoms with van der Waals surface area (Å²) in [5.74, 6) is -0.406. The van der Waals surface area contributed by atoms with Crippen LogP contribution in [0.4, 0.5) is 0 Å². The molecule has 0 N–H and O–H groups in total. The van der Waals surface area contributed by atoms with E-state index in [-0.39, 0.29) is 0 Å². The summed E-state index contributed by atoms with van der Waals surface area (Å²) in [5.41, 5.74) is 0. The predicted molar refractivity (Wildman–Crippen MR) is 48.5 cm³/mol. The first-order valence-corrected chi connectivity index (χ1v) is 5.70. The molecule has 6 heteroatoms. The minimum absolute atomic E-state index is 0.406. The second-order valence-electron chi connectivity index (χ2n) is 3.12. The van der Waals surface area contributed by atoms with Gasteiger partial charge < -0.3 is 4.90 Å². The first-order valence-electron chi connectivity index (χ1n) is 4.09. The summed E-state index contributed by atoms with van der Waals surface area (Å²) in [7, 11) is -1.36. The summed E-state index contributed by atoms with van der Waals surface area (Å²) in [4.78, 5) is 2.07. The predicted octanol–water partition coefficient (Wildman–Crippen LogP) is -0.913. The number of nitriles is 1. The average molecular weight is 203 g/mol. The molecule has 0 spiro atoms. The van der Waals surface area contributed by atoms with Crippen LogP contribution in [-0.2, 0) is 10.0 Å². The van der Waals surface area contributed by atoms with Crippen molar-refractivity contribution in [2.45, 2.75) is 0 Å². The monoisotopic (exact) mass is 203 g/mol. The largest absolute Gasteiger partial charge is 0.304 e. The van der Waals surface area contributed by atoms with Crippen molar-refractivity contribution in [2.24, 2.45) is 0 Å². The molecule has 1 fully saturated rings. The summed E-state index contributed by atoms with van der Waals surface area (Å²) in [6, 6.07) is 1.67. The maximum atomic E-state index is 11.4. The van der Waals surface area contributed by atoms with E-state index in [1.165, 1.54) is 4.31 Å². The Hall–Kier alpha value is -0.640. The van der Waals surface area contributed by atoms with E-state index in [9.17, 15) is 8.42 Å². The van der Waals surface area contributed by atoms with E-state index in [1.807, 2.05) is 7.05 Å². The maximum Gasteiger partial charge on any atom is 0.227 e. The quantitative estimate of drug-likeness (QED) is 0.582. The Morgan fingerprint density at radius 3 is 2.31 bits per heavy atom. The molecule has 1 aliphatic rings. The Balaban J connectivity index is 2.59. The van der Waals surface area contributed by atoms with Crippen molar-refractivity contribution >= 4 is 10.0 Å². The van der Waals surface area contributed by atoms with E-state index < -0.39 is 15.8 Å². The molecule has 0 aromatic rings. The summed E-state index contributed by atoms with van der Waals surface area (Å²) in [6.07, 6.45) is 0. The highest BCUT2D eigenvalue weighted by Gasteiger charge is 2.24. The highest BCUT2D eigenvalue weighted by atomic mass is 32.2. The van der Waals surface area contributed by atoms with Crippen molar-refractivity contribution in [1.29, 1.82) is 5.26 Å². The van der Waals surface area contributed by atoms with Gasteiger partial charge in [0.05, 0.1) is 6.07 Å². The van der Waals surface area contributed by atoms with Crippen molar-refractivity contribution in [3.05, 3.63) is 0 Å². The van der Waals surface area contributed by atoms with Gasteiger partial charge >= 0.3 is 0 Å². The van der Waals surface area contributed by atoms with Crippen LogP contribution in [0.25, 0.3) is 0 Å². The molecule has 0 bridgehead atoms. The van der Waals surface area contributed by atoms with Gasteiger partial charge in [0.2, 0.25) is 10.0 Å². The zero-order chi connectivity index (χ0) is 9.90. The van der Waals surface area contributed by atoms with Crippen LogP contribution < -0.4 is 0 Å². The molecule has 1 rings (SSSR count). The van der Waals surface area contributed by atoms with E-state index >= 15 is 0 Å². The molecular formula is C7H13N3O2S. The number of hydrogen-bond acceptors (Lipinski definition) is 4. The van der Waals surface area contributed by atoms with Gasteiger partial charge in [-0.1, -0.05) is 0 Å². The zero-order valence-electron chi connectivity index (χ0n) is 7.60. The molecule has 1 saturated heterocycles. The molecular weight excluding hydrogens is 190 g/mol. The molecule has 0 aromatic carbocycles. The molecule has 13 heavy (non-hydrogen) atoms. The second-order valence-corrected chi connectivity index (χ2v) is 5.09. The van der Waals surface area contributed by atoms with Crippen molar-refractivity contribution < 1.29 is 8.42 Å². The lowest BCUT2D eigenvalue weighted by Gasteiger charge is -2.30. The molecule has 0 aromatic heterocycles. The van der Waals surface area contributed by atoms with Gasteiger partial charge in [0.1, 0.15) is 0 Å². The third-order valence-electron chi connectivity index (χ3n) is 2.10. The molecule has 74 valence electrons. The summed E-state index contributed by atoms with van der Waals surface area (Å²) in [5, 5.41) is 8.32. The summed E-state index contributed by atoms with van der Waals surface area (Å²) >= 11 is 0. The van der Waals surface area contributed by atoms with Crippen molar-refractivity contribution in [3.63, 3.8) is 0 Å². The molecule has 1 aliphatic heterocycles. The average Bonchev–Trinajstić information content (AvgIpc) is 2.05. The number of nitrogens with zero attached hydrogens (tertiary/aromatic N) is 3. The minimum atomic E-state index is -3.31. The number of piperazine rings is 1. The Kier molecular flexibility index (Phi) is 3.25. The van der Waals surface area contributed by atoms with Crippen molar-refractivity contribution in [1.82, 2.24) is 9.21 Å². The Morgan fingerprint density at radius 2 is 1.85 bits per heavy atom. The van der Waals surface area contributed by atoms with E-state index in [2.05, 4.69) is 4.90 Å². The molecule has 0 radical (unpaired) electrons. The lowest BCUT2D eigenvalue weighted by atomic mass is 10.4. The first kappa shape index (κ1) is 10.4. The van der Waals surface area contributed by atoms with Crippen LogP contribution in [0.15, 0.2) is 0 Å². The number of hydrogen-bond donors (Lipinski definition) is 0. The van der Waals surface area contributed by atoms with Crippen LogP contribution in [0.5, 0.6) is 0 Å². The van der Waals surface area contributed by atoms with Crippen LogP contribution in [-0.4, -0.2) is 56.6 Å². The second kappa shape index (κ2) is 4.05. The van der Waals surface area contributed by atoms with Gasteiger partial charge in [-0.3, -0.25) is 0 Å². The maximum absolute atomic E-state index is 11.4. The Labute approximate surface area is 78.6 Å². The third-order valence-corrected chi connectivity index (χ3v) is 3.75. The fourth-order valence-electron chi connectivity index (χ4n) is 1.24. The fraction of sp³-hybridized carbons (Fsp3) is 0.857. The van der Waals surface area contributed by atoms with Gasteiger partial charge in [0, 0.05) is 26.2 Å². The van der Waals surface area contributed by atoms with Gasteiger partial charge in [-0.2, -0.15) is 9.57 Å². The van der Waals surface area contributed by atoms with E-state index in [4.69, 9.17) is 5.26 Å². The molecule has 0 atom stereocenters. The number of likely N-dealkylation sites (N-methyl/N-ethyl adjacent to an activating group) is 1. The van der Waals surface area contributed by atoms with Crippen LogP contribution in [0.1, 0.15) is 0 Å². The van der Waals surface area contributed by atoms with E-state index in [1.54, 1.807) is 6.07 Å². The standard InChI is InChI=1S/C7H13N3O2S/c1-9-3-5-10(6-4-9)13(11,12)7-2-8/h3-7H2,1H3. The SMILES string of the molecule is CN1CCN(S(=O)(=O)CC#N)CC1. The number of sulfonamides is 1. The Morgan fingerprint density at radius 1 is 1.31 bits per heavy atom. The van der Waals surface area contributed by atoms with Crippen molar-refractivity contribution in [3.8, 4) is 6.07 Å². The molecule has 1 heterocycles. The Bertz CT molecular complexity index is 298. The van der Waals surface area contributed by atoms with Gasteiger partial charge in [0.15, 0.2) is 5.75 Å². The van der Waals surface area contributed by atoms with E-state index in [0.717, 1.165) is 13.1 Å². The third kappa shape index (κ3) is 2.66. The molecule has 0 unspecified atom stereocenters. The summed E-state index contributed by atoms with van der Waals surface area (Å²) < 4.78 is 24.1. The van der Waals surface area contributed by atoms with Crippen LogP contribution in [0.2, 0.25) is 0 Å². The normalized spacial score (nSPS) is 21.2. The van der Waals surface area contributed by atoms with Crippen LogP contribution in [0.3, 0.4) is 0 Å². The first-order chi connectivity index (χ1) is 6.06. The van der Waals surface area contributed by atoms with Crippen LogP contribution >= 0.6 is 0 Å². The van der Waals surface area contributed by atoms with Crippen molar-refractivity contribution in [2.75, 3.05) is 39.0 Å². The van der Waals surface area contributed by atoms with Crippen LogP contribution in [0, 0.1) is 11.3 Å².